The lowest BCUT2D eigenvalue weighted by molar-refractivity contribution is 0.688. The van der Waals surface area contributed by atoms with E-state index in [9.17, 15) is 0 Å². The predicted octanol–water partition coefficient (Wildman–Crippen LogP) is 2.22. The Morgan fingerprint density at radius 3 is 2.69 bits per heavy atom. The Balaban J connectivity index is 2.03. The SMILES string of the molecule is CC(CCN)c1ccc(C2CCNC2)cc1. The average molecular weight is 218 g/mol. The van der Waals surface area contributed by atoms with E-state index >= 15 is 0 Å². The van der Waals surface area contributed by atoms with E-state index in [2.05, 4.69) is 36.5 Å². The maximum Gasteiger partial charge on any atom is 0.00206 e. The second-order valence-corrected chi connectivity index (χ2v) is 4.83. The van der Waals surface area contributed by atoms with E-state index in [0.29, 0.717) is 5.92 Å². The summed E-state index contributed by atoms with van der Waals surface area (Å²) in [7, 11) is 0. The number of nitrogens with two attached hydrogens (primary N) is 1. The van der Waals surface area contributed by atoms with Crippen molar-refractivity contribution in [1.29, 1.82) is 0 Å². The highest BCUT2D eigenvalue weighted by molar-refractivity contribution is 5.28. The van der Waals surface area contributed by atoms with Gasteiger partial charge < -0.3 is 11.1 Å². The van der Waals surface area contributed by atoms with Crippen LogP contribution in [0, 0.1) is 0 Å². The molecule has 0 aromatic heterocycles. The molecule has 1 heterocycles. The summed E-state index contributed by atoms with van der Waals surface area (Å²) >= 11 is 0. The van der Waals surface area contributed by atoms with Crippen LogP contribution in [0.4, 0.5) is 0 Å². The molecular weight excluding hydrogens is 196 g/mol. The van der Waals surface area contributed by atoms with Crippen molar-refractivity contribution < 1.29 is 0 Å². The number of benzene rings is 1. The molecule has 2 heteroatoms. The van der Waals surface area contributed by atoms with Gasteiger partial charge in [-0.3, -0.25) is 0 Å². The quantitative estimate of drug-likeness (QED) is 0.813. The Labute approximate surface area is 98.2 Å². The molecule has 16 heavy (non-hydrogen) atoms. The van der Waals surface area contributed by atoms with Gasteiger partial charge in [-0.05, 0) is 48.9 Å². The van der Waals surface area contributed by atoms with Crippen molar-refractivity contribution in [3.8, 4) is 0 Å². The maximum atomic E-state index is 5.59. The Kier molecular flexibility index (Phi) is 3.97. The predicted molar refractivity (Wildman–Crippen MR) is 68.8 cm³/mol. The second-order valence-electron chi connectivity index (χ2n) is 4.83. The van der Waals surface area contributed by atoms with Gasteiger partial charge in [0.15, 0.2) is 0 Å². The van der Waals surface area contributed by atoms with Crippen LogP contribution in [-0.2, 0) is 0 Å². The van der Waals surface area contributed by atoms with Gasteiger partial charge in [-0.25, -0.2) is 0 Å². The summed E-state index contributed by atoms with van der Waals surface area (Å²) in [6.07, 6.45) is 2.35. The molecule has 0 aliphatic carbocycles. The van der Waals surface area contributed by atoms with E-state index < -0.39 is 0 Å². The van der Waals surface area contributed by atoms with Crippen LogP contribution in [0.25, 0.3) is 0 Å². The largest absolute Gasteiger partial charge is 0.330 e. The third-order valence-electron chi connectivity index (χ3n) is 3.64. The van der Waals surface area contributed by atoms with Crippen LogP contribution in [0.1, 0.15) is 42.7 Å². The first-order valence-electron chi connectivity index (χ1n) is 6.32. The van der Waals surface area contributed by atoms with Gasteiger partial charge in [-0.1, -0.05) is 31.2 Å². The molecule has 0 spiro atoms. The molecule has 2 rings (SSSR count). The van der Waals surface area contributed by atoms with Crippen LogP contribution in [0.15, 0.2) is 24.3 Å². The highest BCUT2D eigenvalue weighted by atomic mass is 14.9. The average Bonchev–Trinajstić information content (AvgIpc) is 2.83. The molecule has 1 aliphatic heterocycles. The molecule has 1 fully saturated rings. The van der Waals surface area contributed by atoms with Crippen LogP contribution in [0.2, 0.25) is 0 Å². The van der Waals surface area contributed by atoms with Crippen LogP contribution in [-0.4, -0.2) is 19.6 Å². The summed E-state index contributed by atoms with van der Waals surface area (Å²) < 4.78 is 0. The number of hydrogen-bond donors (Lipinski definition) is 2. The van der Waals surface area contributed by atoms with Gasteiger partial charge in [-0.2, -0.15) is 0 Å². The maximum absolute atomic E-state index is 5.59. The summed E-state index contributed by atoms with van der Waals surface area (Å²) in [4.78, 5) is 0. The normalized spacial score (nSPS) is 22.2. The lowest BCUT2D eigenvalue weighted by atomic mass is 9.93. The molecule has 2 nitrogen and oxygen atoms in total. The minimum Gasteiger partial charge on any atom is -0.330 e. The summed E-state index contributed by atoms with van der Waals surface area (Å²) in [6.45, 7) is 5.32. The molecule has 1 aliphatic rings. The number of hydrogen-bond acceptors (Lipinski definition) is 2. The van der Waals surface area contributed by atoms with Gasteiger partial charge in [-0.15, -0.1) is 0 Å². The molecule has 0 bridgehead atoms. The number of nitrogens with one attached hydrogen (secondary N) is 1. The molecule has 1 aromatic carbocycles. The van der Waals surface area contributed by atoms with Gasteiger partial charge in [0.05, 0.1) is 0 Å². The van der Waals surface area contributed by atoms with E-state index in [1.807, 2.05) is 0 Å². The molecule has 0 radical (unpaired) electrons. The Hall–Kier alpha value is -0.860. The van der Waals surface area contributed by atoms with E-state index in [0.717, 1.165) is 32.0 Å². The van der Waals surface area contributed by atoms with E-state index in [1.165, 1.54) is 17.5 Å². The zero-order valence-corrected chi connectivity index (χ0v) is 10.1. The van der Waals surface area contributed by atoms with Crippen LogP contribution in [0.3, 0.4) is 0 Å². The van der Waals surface area contributed by atoms with E-state index in [4.69, 9.17) is 5.73 Å². The molecule has 0 saturated carbocycles. The summed E-state index contributed by atoms with van der Waals surface area (Å²) in [5.74, 6) is 1.31. The van der Waals surface area contributed by atoms with Crippen LogP contribution >= 0.6 is 0 Å². The zero-order valence-electron chi connectivity index (χ0n) is 10.1. The minimum absolute atomic E-state index is 0.584. The highest BCUT2D eigenvalue weighted by Gasteiger charge is 2.16. The first-order chi connectivity index (χ1) is 7.81. The van der Waals surface area contributed by atoms with Gasteiger partial charge in [0, 0.05) is 6.54 Å². The van der Waals surface area contributed by atoms with E-state index in [-0.39, 0.29) is 0 Å². The lowest BCUT2D eigenvalue weighted by Gasteiger charge is -2.13. The molecule has 1 saturated heterocycles. The molecule has 0 amide bonds. The topological polar surface area (TPSA) is 38.0 Å². The standard InChI is InChI=1S/C14H22N2/c1-11(6-8-15)12-2-4-13(5-3-12)14-7-9-16-10-14/h2-5,11,14,16H,6-10,15H2,1H3. The van der Waals surface area contributed by atoms with Crippen molar-refractivity contribution in [1.82, 2.24) is 5.32 Å². The van der Waals surface area contributed by atoms with Crippen LogP contribution in [0.5, 0.6) is 0 Å². The fraction of sp³-hybridized carbons (Fsp3) is 0.571. The van der Waals surface area contributed by atoms with Crippen molar-refractivity contribution >= 4 is 0 Å². The van der Waals surface area contributed by atoms with Crippen molar-refractivity contribution in [2.24, 2.45) is 5.73 Å². The Morgan fingerprint density at radius 2 is 2.12 bits per heavy atom. The molecule has 1 aromatic rings. The lowest BCUT2D eigenvalue weighted by Crippen LogP contribution is -2.08. The minimum atomic E-state index is 0.584. The second kappa shape index (κ2) is 5.46. The van der Waals surface area contributed by atoms with Crippen molar-refractivity contribution in [3.63, 3.8) is 0 Å². The molecule has 3 N–H and O–H groups in total. The summed E-state index contributed by atoms with van der Waals surface area (Å²) in [5, 5.41) is 3.41. The van der Waals surface area contributed by atoms with Gasteiger partial charge in [0.25, 0.3) is 0 Å². The fourth-order valence-corrected chi connectivity index (χ4v) is 2.45. The van der Waals surface area contributed by atoms with Gasteiger partial charge in [0.2, 0.25) is 0 Å². The molecule has 2 unspecified atom stereocenters. The molecular formula is C14H22N2. The smallest absolute Gasteiger partial charge is 0.00206 e. The summed E-state index contributed by atoms with van der Waals surface area (Å²) in [5.41, 5.74) is 8.49. The van der Waals surface area contributed by atoms with Crippen molar-refractivity contribution in [2.45, 2.75) is 31.6 Å². The first-order valence-corrected chi connectivity index (χ1v) is 6.32. The first kappa shape index (κ1) is 11.6. The van der Waals surface area contributed by atoms with Crippen molar-refractivity contribution in [3.05, 3.63) is 35.4 Å². The zero-order chi connectivity index (χ0) is 11.4. The number of rotatable bonds is 4. The molecule has 88 valence electrons. The van der Waals surface area contributed by atoms with Gasteiger partial charge in [0.1, 0.15) is 0 Å². The van der Waals surface area contributed by atoms with Crippen LogP contribution < -0.4 is 11.1 Å². The Morgan fingerprint density at radius 1 is 1.38 bits per heavy atom. The van der Waals surface area contributed by atoms with Crippen molar-refractivity contribution in [2.75, 3.05) is 19.6 Å². The third-order valence-corrected chi connectivity index (χ3v) is 3.64. The Bertz CT molecular complexity index is 312. The van der Waals surface area contributed by atoms with E-state index in [1.54, 1.807) is 0 Å². The third kappa shape index (κ3) is 2.63. The highest BCUT2D eigenvalue weighted by Crippen LogP contribution is 2.25. The van der Waals surface area contributed by atoms with Gasteiger partial charge >= 0.3 is 0 Å². The summed E-state index contributed by atoms with van der Waals surface area (Å²) in [6, 6.07) is 9.13. The fourth-order valence-electron chi connectivity index (χ4n) is 2.45. The molecule has 2 atom stereocenters. The monoisotopic (exact) mass is 218 g/mol.